The zero-order valence-electron chi connectivity index (χ0n) is 31.4. The molecule has 6 bridgehead atoms. The fourth-order valence-electron chi connectivity index (χ4n) is 12.1. The van der Waals surface area contributed by atoms with Crippen LogP contribution in [0.3, 0.4) is 0 Å². The maximum atomic E-state index is 14.2. The second-order valence-corrected chi connectivity index (χ2v) is 16.3. The molecule has 6 aliphatic rings. The van der Waals surface area contributed by atoms with Crippen LogP contribution in [-0.4, -0.2) is 91.8 Å². The van der Waals surface area contributed by atoms with E-state index in [9.17, 15) is 9.59 Å². The summed E-state index contributed by atoms with van der Waals surface area (Å²) in [6, 6.07) is 13.2. The fraction of sp³-hybridized carbons (Fsp3) is 0.535. The Morgan fingerprint density at radius 2 is 1.85 bits per heavy atom. The summed E-state index contributed by atoms with van der Waals surface area (Å²) in [4.78, 5) is 40.8. The van der Waals surface area contributed by atoms with Crippen LogP contribution >= 0.6 is 0 Å². The number of likely N-dealkylation sites (N-methyl/N-ethyl adjacent to an activating group) is 1. The number of para-hydroxylation sites is 1. The van der Waals surface area contributed by atoms with Gasteiger partial charge in [0.05, 0.1) is 27.2 Å². The van der Waals surface area contributed by atoms with E-state index in [0.29, 0.717) is 11.8 Å². The van der Waals surface area contributed by atoms with Gasteiger partial charge in [0, 0.05) is 76.4 Å². The number of hydrogen-bond acceptors (Lipinski definition) is 7. The van der Waals surface area contributed by atoms with Crippen molar-refractivity contribution in [1.29, 1.82) is 0 Å². The fourth-order valence-corrected chi connectivity index (χ4v) is 12.1. The van der Waals surface area contributed by atoms with E-state index in [0.717, 1.165) is 85.2 Å². The third kappa shape index (κ3) is 4.67. The van der Waals surface area contributed by atoms with Crippen molar-refractivity contribution in [3.05, 3.63) is 76.1 Å². The van der Waals surface area contributed by atoms with Crippen LogP contribution in [0, 0.1) is 23.7 Å². The first kappa shape index (κ1) is 33.7. The maximum absolute atomic E-state index is 14.2. The van der Waals surface area contributed by atoms with Crippen molar-refractivity contribution in [2.24, 2.45) is 23.7 Å². The highest BCUT2D eigenvalue weighted by atomic mass is 16.5. The molecule has 52 heavy (non-hydrogen) atoms. The number of fused-ring (bicyclic) bond motifs is 9. The lowest BCUT2D eigenvalue weighted by molar-refractivity contribution is -0.162. The van der Waals surface area contributed by atoms with Gasteiger partial charge in [0.25, 0.3) is 0 Å². The molecule has 0 amide bonds. The summed E-state index contributed by atoms with van der Waals surface area (Å²) in [7, 11) is 6.99. The molecule has 2 N–H and O–H groups in total. The Kier molecular flexibility index (Phi) is 8.12. The van der Waals surface area contributed by atoms with Crippen LogP contribution in [0.1, 0.15) is 73.5 Å². The Bertz CT molecular complexity index is 2110. The number of hydrogen-bond donors (Lipinski definition) is 2. The highest BCUT2D eigenvalue weighted by Crippen LogP contribution is 2.56. The number of likely N-dealkylation sites (tertiary alicyclic amines) is 1. The number of esters is 2. The molecule has 2 aromatic carbocycles. The average Bonchev–Trinajstić information content (AvgIpc) is 3.69. The minimum absolute atomic E-state index is 0.00122. The van der Waals surface area contributed by atoms with E-state index in [1.165, 1.54) is 41.3 Å². The number of methoxy groups -OCH3 is 3. The second kappa shape index (κ2) is 12.5. The molecule has 274 valence electrons. The molecular weight excluding hydrogens is 652 g/mol. The van der Waals surface area contributed by atoms with E-state index >= 15 is 0 Å². The van der Waals surface area contributed by atoms with Gasteiger partial charge in [-0.2, -0.15) is 0 Å². The minimum atomic E-state index is -0.725. The molecule has 9 heteroatoms. The minimum Gasteiger partial charge on any atom is -0.496 e. The lowest BCUT2D eigenvalue weighted by Crippen LogP contribution is -2.67. The number of rotatable bonds is 5. The smallest absolute Gasteiger partial charge is 0.319 e. The van der Waals surface area contributed by atoms with E-state index in [1.807, 2.05) is 0 Å². The number of aromatic nitrogens is 2. The summed E-state index contributed by atoms with van der Waals surface area (Å²) in [5.41, 5.74) is 8.48. The summed E-state index contributed by atoms with van der Waals surface area (Å²) >= 11 is 0. The Morgan fingerprint density at radius 3 is 2.60 bits per heavy atom. The van der Waals surface area contributed by atoms with Crippen LogP contribution in [0.4, 0.5) is 0 Å². The summed E-state index contributed by atoms with van der Waals surface area (Å²) in [6.07, 6.45) is 7.59. The molecule has 9 nitrogen and oxygen atoms in total. The number of piperidine rings is 3. The molecule has 7 unspecified atom stereocenters. The molecule has 0 radical (unpaired) electrons. The average molecular weight is 705 g/mol. The number of carbonyl (C=O) groups is 2. The SMILES string of the molecule is C/C=C1\CN(C)[C@@H]2Cc3c([nH]c4ccccc34)[C@H](c3cc4[nH]c5c(c4cc3OC)CCN3CC4CC(CC)C3C5(C(=O)OC)C4)CC1C2C(=O)OC. The molecule has 2 aliphatic carbocycles. The molecule has 3 saturated heterocycles. The first-order chi connectivity index (χ1) is 25.3. The van der Waals surface area contributed by atoms with Gasteiger partial charge in [-0.25, -0.2) is 0 Å². The number of benzene rings is 2. The molecule has 4 aliphatic heterocycles. The molecule has 6 heterocycles. The van der Waals surface area contributed by atoms with Gasteiger partial charge in [0.15, 0.2) is 0 Å². The number of ether oxygens (including phenoxy) is 3. The lowest BCUT2D eigenvalue weighted by Gasteiger charge is -2.57. The van der Waals surface area contributed by atoms with Crippen LogP contribution in [0.5, 0.6) is 5.75 Å². The monoisotopic (exact) mass is 704 g/mol. The summed E-state index contributed by atoms with van der Waals surface area (Å²) in [5, 5.41) is 2.32. The van der Waals surface area contributed by atoms with Gasteiger partial charge < -0.3 is 24.2 Å². The summed E-state index contributed by atoms with van der Waals surface area (Å²) < 4.78 is 17.6. The van der Waals surface area contributed by atoms with Crippen LogP contribution in [0.25, 0.3) is 21.8 Å². The van der Waals surface area contributed by atoms with Gasteiger partial charge in [0.2, 0.25) is 0 Å². The Balaban J connectivity index is 1.27. The summed E-state index contributed by atoms with van der Waals surface area (Å²) in [6.45, 7) is 7.17. The second-order valence-electron chi connectivity index (χ2n) is 16.3. The molecule has 4 aromatic rings. The molecule has 4 fully saturated rings. The van der Waals surface area contributed by atoms with Crippen LogP contribution in [0.2, 0.25) is 0 Å². The normalized spacial score (nSPS) is 33.2. The van der Waals surface area contributed by atoms with Gasteiger partial charge in [-0.1, -0.05) is 43.2 Å². The molecule has 0 spiro atoms. The van der Waals surface area contributed by atoms with Crippen molar-refractivity contribution >= 4 is 33.7 Å². The first-order valence-electron chi connectivity index (χ1n) is 19.3. The van der Waals surface area contributed by atoms with Crippen molar-refractivity contribution in [2.75, 3.05) is 48.0 Å². The zero-order chi connectivity index (χ0) is 36.1. The van der Waals surface area contributed by atoms with Crippen LogP contribution < -0.4 is 4.74 Å². The lowest BCUT2D eigenvalue weighted by atomic mass is 9.56. The quantitative estimate of drug-likeness (QED) is 0.181. The van der Waals surface area contributed by atoms with Crippen LogP contribution in [-0.2, 0) is 37.3 Å². The number of nitrogens with one attached hydrogen (secondary N) is 2. The standard InChI is InChI=1S/C43H52N4O5/c1-7-24-15-23-20-43(42(49)52-6)39-27(13-14-47(21-23)40(24)43)29-19-36(50-4)30(17-34(29)45-39)31-16-28-25(8-2)22-46(3)35(37(28)41(48)51-5)18-32-26-11-9-10-12-33(26)44-38(31)32/h8-12,17,19,23-24,28,31,35,37,40,44-45H,7,13-16,18,20-22H2,1-6H3/b25-8+/t23?,24?,28?,31-,35+,37?,40?,43?/m0/s1. The number of nitrogens with zero attached hydrogens (tertiary/aromatic N) is 2. The van der Waals surface area contributed by atoms with Crippen molar-refractivity contribution < 1.29 is 23.8 Å². The molecule has 2 aromatic heterocycles. The molecule has 10 rings (SSSR count). The topological polar surface area (TPSA) is 99.9 Å². The van der Waals surface area contributed by atoms with E-state index in [4.69, 9.17) is 14.2 Å². The van der Waals surface area contributed by atoms with E-state index in [1.54, 1.807) is 14.2 Å². The predicted molar refractivity (Wildman–Crippen MR) is 202 cm³/mol. The highest BCUT2D eigenvalue weighted by Gasteiger charge is 2.62. The van der Waals surface area contributed by atoms with Gasteiger partial charge in [0.1, 0.15) is 11.2 Å². The van der Waals surface area contributed by atoms with Gasteiger partial charge >= 0.3 is 11.9 Å². The number of H-pyrrole nitrogens is 2. The van der Waals surface area contributed by atoms with Crippen molar-refractivity contribution in [3.8, 4) is 5.75 Å². The largest absolute Gasteiger partial charge is 0.496 e. The molecule has 1 saturated carbocycles. The number of aromatic amines is 2. The van der Waals surface area contributed by atoms with Gasteiger partial charge in [-0.05, 0) is 93.2 Å². The van der Waals surface area contributed by atoms with E-state index < -0.39 is 5.41 Å². The Labute approximate surface area is 306 Å². The Morgan fingerprint density at radius 1 is 1.02 bits per heavy atom. The third-order valence-electron chi connectivity index (χ3n) is 14.1. The zero-order valence-corrected chi connectivity index (χ0v) is 31.4. The molecule has 9 atom stereocenters. The van der Waals surface area contributed by atoms with Crippen molar-refractivity contribution in [2.45, 2.75) is 75.8 Å². The van der Waals surface area contributed by atoms with Crippen molar-refractivity contribution in [3.63, 3.8) is 0 Å². The maximum Gasteiger partial charge on any atom is 0.319 e. The molecular formula is C43H52N4O5. The van der Waals surface area contributed by atoms with E-state index in [-0.39, 0.29) is 41.8 Å². The Hall–Kier alpha value is -4.08. The predicted octanol–water partition coefficient (Wildman–Crippen LogP) is 6.49. The summed E-state index contributed by atoms with van der Waals surface area (Å²) in [5.74, 6) is 1.11. The van der Waals surface area contributed by atoms with Crippen molar-refractivity contribution in [1.82, 2.24) is 19.8 Å². The number of allylic oxidation sites excluding steroid dienone is 1. The highest BCUT2D eigenvalue weighted by molar-refractivity contribution is 5.93. The van der Waals surface area contributed by atoms with Crippen LogP contribution in [0.15, 0.2) is 48.0 Å². The van der Waals surface area contributed by atoms with Gasteiger partial charge in [-0.15, -0.1) is 0 Å². The first-order valence-corrected chi connectivity index (χ1v) is 19.3. The van der Waals surface area contributed by atoms with E-state index in [2.05, 4.69) is 83.1 Å². The number of carbonyl (C=O) groups excluding carboxylic acids is 2. The van der Waals surface area contributed by atoms with Gasteiger partial charge in [-0.3, -0.25) is 19.4 Å². The third-order valence-corrected chi connectivity index (χ3v) is 14.1.